The first-order valence-corrected chi connectivity index (χ1v) is 26.8. The maximum atomic E-state index is 14.1. The van der Waals surface area contributed by atoms with Crippen LogP contribution in [0.4, 0.5) is 26.3 Å². The number of aromatic nitrogens is 6. The summed E-state index contributed by atoms with van der Waals surface area (Å²) in [5, 5.41) is 9.53. The molecule has 1 aliphatic rings. The van der Waals surface area contributed by atoms with E-state index < -0.39 is 62.6 Å². The van der Waals surface area contributed by atoms with Crippen molar-refractivity contribution in [1.29, 1.82) is 0 Å². The molecule has 0 saturated carbocycles. The minimum Gasteiger partial charge on any atom is -0.494 e. The summed E-state index contributed by atoms with van der Waals surface area (Å²) < 4.78 is 130. The molecule has 0 spiro atoms. The molecule has 1 aliphatic heterocycles. The Bertz CT molecular complexity index is 3410. The topological polar surface area (TPSA) is 190 Å². The molecule has 78 heavy (non-hydrogen) atoms. The number of aliphatic hydroxyl groups excluding tert-OH is 1. The molecule has 0 amide bonds. The predicted molar refractivity (Wildman–Crippen MR) is 282 cm³/mol. The molecular formula is C54H55ClF6N6O9S2. The van der Waals surface area contributed by atoms with Crippen molar-refractivity contribution in [3.8, 4) is 34.0 Å². The predicted octanol–water partition coefficient (Wildman–Crippen LogP) is 11.0. The van der Waals surface area contributed by atoms with Gasteiger partial charge in [0.25, 0.3) is 24.0 Å². The summed E-state index contributed by atoms with van der Waals surface area (Å²) in [6, 6.07) is 24.3. The third-order valence-electron chi connectivity index (χ3n) is 11.8. The van der Waals surface area contributed by atoms with Gasteiger partial charge in [-0.25, -0.2) is 49.7 Å². The number of methoxy groups -OCH3 is 2. The highest BCUT2D eigenvalue weighted by atomic mass is 35.5. The molecule has 3 atom stereocenters. The van der Waals surface area contributed by atoms with Gasteiger partial charge >= 0.3 is 0 Å². The van der Waals surface area contributed by atoms with Crippen LogP contribution in [0.3, 0.4) is 0 Å². The number of halogens is 7. The van der Waals surface area contributed by atoms with Gasteiger partial charge in [0.15, 0.2) is 34.2 Å². The number of sulfone groups is 1. The first-order valence-electron chi connectivity index (χ1n) is 24.2. The Morgan fingerprint density at radius 2 is 1.35 bits per heavy atom. The number of H-pyrrole nitrogens is 1. The van der Waals surface area contributed by atoms with Crippen molar-refractivity contribution >= 4 is 33.7 Å². The second-order valence-electron chi connectivity index (χ2n) is 17.5. The fourth-order valence-electron chi connectivity index (χ4n) is 7.71. The summed E-state index contributed by atoms with van der Waals surface area (Å²) in [5.41, 5.74) is 0.209. The van der Waals surface area contributed by atoms with Gasteiger partial charge in [-0.05, 0) is 116 Å². The number of pyridine rings is 2. The number of benzene rings is 3. The molecule has 0 aliphatic carbocycles. The third-order valence-corrected chi connectivity index (χ3v) is 13.7. The lowest BCUT2D eigenvalue weighted by molar-refractivity contribution is -0.184. The summed E-state index contributed by atoms with van der Waals surface area (Å²) >= 11 is 10.5. The largest absolute Gasteiger partial charge is 0.494 e. The molecule has 0 radical (unpaired) electrons. The van der Waals surface area contributed by atoms with Gasteiger partial charge in [-0.2, -0.15) is 0 Å². The van der Waals surface area contributed by atoms with Gasteiger partial charge in [0.05, 0.1) is 62.4 Å². The van der Waals surface area contributed by atoms with E-state index >= 15 is 0 Å². The smallest absolute Gasteiger partial charge is 0.280 e. The molecule has 4 aromatic heterocycles. The number of hydrogen-bond acceptors (Lipinski definition) is 13. The minimum atomic E-state index is -4.27. The first-order chi connectivity index (χ1) is 37.3. The highest BCUT2D eigenvalue weighted by molar-refractivity contribution is 7.91. The maximum Gasteiger partial charge on any atom is 0.280 e. The molecule has 1 fully saturated rings. The van der Waals surface area contributed by atoms with Crippen LogP contribution in [-0.2, 0) is 32.4 Å². The maximum absolute atomic E-state index is 14.1. The summed E-state index contributed by atoms with van der Waals surface area (Å²) in [6.45, 7) is 2.93. The van der Waals surface area contributed by atoms with Crippen LogP contribution in [0.15, 0.2) is 130 Å². The number of hydrogen-bond donors (Lipinski definition) is 2. The summed E-state index contributed by atoms with van der Waals surface area (Å²) in [6.07, 6.45) is 0.246. The normalized spacial score (nSPS) is 14.2. The first kappa shape index (κ1) is 60.5. The van der Waals surface area contributed by atoms with Gasteiger partial charge < -0.3 is 38.2 Å². The second kappa shape index (κ2) is 28.7. The molecule has 3 unspecified atom stereocenters. The van der Waals surface area contributed by atoms with E-state index in [-0.39, 0.29) is 76.4 Å². The zero-order chi connectivity index (χ0) is 56.5. The van der Waals surface area contributed by atoms with Crippen molar-refractivity contribution in [3.63, 3.8) is 0 Å². The van der Waals surface area contributed by atoms with Gasteiger partial charge in [-0.3, -0.25) is 9.59 Å². The lowest BCUT2D eigenvalue weighted by atomic mass is 10.1. The van der Waals surface area contributed by atoms with Crippen LogP contribution in [0.5, 0.6) is 11.5 Å². The number of alkyl halides is 5. The number of rotatable bonds is 19. The molecule has 8 rings (SSSR count). The molecular weight excluding hydrogens is 1090 g/mol. The van der Waals surface area contributed by atoms with Crippen molar-refractivity contribution < 1.29 is 58.8 Å². The number of aromatic amines is 1. The highest BCUT2D eigenvalue weighted by Crippen LogP contribution is 2.28. The van der Waals surface area contributed by atoms with E-state index in [1.807, 2.05) is 6.92 Å². The van der Waals surface area contributed by atoms with Crippen molar-refractivity contribution in [2.24, 2.45) is 0 Å². The lowest BCUT2D eigenvalue weighted by Crippen LogP contribution is -2.26. The van der Waals surface area contributed by atoms with E-state index in [9.17, 15) is 49.5 Å². The van der Waals surface area contributed by atoms with Crippen LogP contribution in [0.1, 0.15) is 86.1 Å². The Balaban J connectivity index is 0.000000217. The standard InChI is InChI=1S/C27H24F3N3O5S.C18H14F3N3O2S.C9H17ClO2/c1-38-24-9-7-17(13-20(24)28)15-33-16-19(8-10-25(33)35)21-14-22(26(29)30)32-27(31-21)39(36,37)12-11-23(34)18-5-3-2-4-6-18;1-26-15-4-2-10(6-12(15)19)8-24-9-11(3-5-16(24)25)13-7-14(17(20)21)23-18(27)22-13;1-8(5-6-10)12-9-4-2-3-7-11-9/h2-10,13-14,16,23,26,34H,11-12,15H2,1H3;2-7,9,17H,8H2,1H3,(H,22,23,27);8-9H,2-7H2,1H3. The average molecular weight is 1150 g/mol. The molecule has 3 aromatic carbocycles. The Morgan fingerprint density at radius 3 is 1.85 bits per heavy atom. The summed E-state index contributed by atoms with van der Waals surface area (Å²) in [4.78, 5) is 38.5. The molecule has 2 N–H and O–H groups in total. The molecule has 1 saturated heterocycles. The van der Waals surface area contributed by atoms with E-state index in [4.69, 9.17) is 42.8 Å². The van der Waals surface area contributed by atoms with Crippen LogP contribution in [0.2, 0.25) is 0 Å². The van der Waals surface area contributed by atoms with Crippen molar-refractivity contribution in [2.45, 2.75) is 88.6 Å². The number of nitrogens with one attached hydrogen (secondary N) is 1. The van der Waals surface area contributed by atoms with Gasteiger partial charge in [0.1, 0.15) is 5.69 Å². The minimum absolute atomic E-state index is 0.0250. The SMILES string of the molecule is CC(CCCl)OC1CCCCO1.COc1ccc(Cn2cc(-c3cc(C(F)F)[nH]c(=S)n3)ccc2=O)cc1F.COc1ccc(Cn2cc(-c3cc(C(F)F)nc(S(=O)(=O)CCC(O)c4ccccc4)n3)ccc2=O)cc1F. The summed E-state index contributed by atoms with van der Waals surface area (Å²) in [5.74, 6) is -0.959. The zero-order valence-electron chi connectivity index (χ0n) is 42.3. The average Bonchev–Trinajstić information content (AvgIpc) is 3.48. The Labute approximate surface area is 455 Å². The lowest BCUT2D eigenvalue weighted by Gasteiger charge is -2.25. The van der Waals surface area contributed by atoms with Gasteiger partial charge in [-0.15, -0.1) is 11.6 Å². The van der Waals surface area contributed by atoms with E-state index in [1.165, 1.54) is 103 Å². The van der Waals surface area contributed by atoms with Gasteiger partial charge in [0, 0.05) is 48.1 Å². The Morgan fingerprint density at radius 1 is 0.769 bits per heavy atom. The fourth-order valence-corrected chi connectivity index (χ4v) is 9.43. The highest BCUT2D eigenvalue weighted by Gasteiger charge is 2.25. The number of ether oxygens (including phenoxy) is 4. The zero-order valence-corrected chi connectivity index (χ0v) is 44.7. The van der Waals surface area contributed by atoms with Crippen LogP contribution < -0.4 is 20.6 Å². The van der Waals surface area contributed by atoms with E-state index in [1.54, 1.807) is 42.5 Å². The quantitative estimate of drug-likeness (QED) is 0.0337. The fraction of sp³-hybridized carbons (Fsp3) is 0.333. The van der Waals surface area contributed by atoms with Gasteiger partial charge in [-0.1, -0.05) is 42.5 Å². The van der Waals surface area contributed by atoms with E-state index in [0.29, 0.717) is 28.1 Å². The van der Waals surface area contributed by atoms with Crippen molar-refractivity contribution in [2.75, 3.05) is 32.5 Å². The van der Waals surface area contributed by atoms with Crippen molar-refractivity contribution in [3.05, 3.63) is 181 Å². The number of nitrogens with zero attached hydrogens (tertiary/aromatic N) is 5. The molecule has 0 bridgehead atoms. The van der Waals surface area contributed by atoms with Crippen LogP contribution >= 0.6 is 23.8 Å². The Hall–Kier alpha value is -6.76. The number of aliphatic hydroxyl groups is 1. The summed E-state index contributed by atoms with van der Waals surface area (Å²) in [7, 11) is -1.59. The third kappa shape index (κ3) is 17.4. The molecule has 15 nitrogen and oxygen atoms in total. The second-order valence-corrected chi connectivity index (χ2v) is 20.3. The molecule has 5 heterocycles. The van der Waals surface area contributed by atoms with Gasteiger partial charge in [0.2, 0.25) is 15.0 Å². The van der Waals surface area contributed by atoms with E-state index in [0.717, 1.165) is 25.5 Å². The molecule has 416 valence electrons. The van der Waals surface area contributed by atoms with E-state index in [2.05, 4.69) is 19.9 Å². The molecule has 7 aromatic rings. The Kier molecular flexibility index (Phi) is 22.3. The van der Waals surface area contributed by atoms with Crippen LogP contribution in [0.25, 0.3) is 22.5 Å². The van der Waals surface area contributed by atoms with Crippen LogP contribution in [0, 0.1) is 16.4 Å². The van der Waals surface area contributed by atoms with Crippen LogP contribution in [-0.4, -0.2) is 87.4 Å². The molecule has 24 heteroatoms. The van der Waals surface area contributed by atoms with Crippen molar-refractivity contribution in [1.82, 2.24) is 29.1 Å². The monoisotopic (exact) mass is 1140 g/mol.